The van der Waals surface area contributed by atoms with Gasteiger partial charge in [-0.1, -0.05) is 11.6 Å². The predicted octanol–water partition coefficient (Wildman–Crippen LogP) is 2.74. The predicted molar refractivity (Wildman–Crippen MR) is 71.6 cm³/mol. The second kappa shape index (κ2) is 4.07. The smallest absolute Gasteiger partial charge is 0.399 e. The molecule has 0 radical (unpaired) electrons. The summed E-state index contributed by atoms with van der Waals surface area (Å²) >= 11 is 0. The molecule has 0 atom stereocenters. The molecule has 0 saturated carbocycles. The Morgan fingerprint density at radius 3 is 1.94 bits per heavy atom. The highest BCUT2D eigenvalue weighted by Crippen LogP contribution is 2.36. The van der Waals surface area contributed by atoms with Crippen LogP contribution in [0.5, 0.6) is 0 Å². The molecule has 2 nitrogen and oxygen atoms in total. The molecule has 0 spiro atoms. The van der Waals surface area contributed by atoms with E-state index in [0.29, 0.717) is 5.56 Å². The van der Waals surface area contributed by atoms with E-state index in [0.717, 1.165) is 11.0 Å². The maximum Gasteiger partial charge on any atom is 0.495 e. The Morgan fingerprint density at radius 1 is 0.944 bits per heavy atom. The van der Waals surface area contributed by atoms with Crippen molar-refractivity contribution in [3.63, 3.8) is 0 Å². The van der Waals surface area contributed by atoms with E-state index in [-0.39, 0.29) is 5.82 Å². The highest BCUT2D eigenvalue weighted by Gasteiger charge is 2.52. The first-order chi connectivity index (χ1) is 8.14. The monoisotopic (exact) mass is 250 g/mol. The lowest BCUT2D eigenvalue weighted by atomic mass is 9.76. The molecule has 2 rings (SSSR count). The van der Waals surface area contributed by atoms with Crippen molar-refractivity contribution in [2.24, 2.45) is 0 Å². The Balaban J connectivity index is 2.38. The van der Waals surface area contributed by atoms with Gasteiger partial charge in [-0.25, -0.2) is 4.39 Å². The van der Waals surface area contributed by atoms with E-state index < -0.39 is 18.3 Å². The molecule has 1 aromatic rings. The van der Waals surface area contributed by atoms with Gasteiger partial charge in [0.05, 0.1) is 11.2 Å². The van der Waals surface area contributed by atoms with Crippen LogP contribution in [0.15, 0.2) is 12.1 Å². The number of hydrogen-bond acceptors (Lipinski definition) is 2. The van der Waals surface area contributed by atoms with Crippen LogP contribution in [0.3, 0.4) is 0 Å². The fourth-order valence-corrected chi connectivity index (χ4v) is 2.07. The zero-order chi connectivity index (χ0) is 13.7. The minimum Gasteiger partial charge on any atom is -0.399 e. The second-order valence-corrected chi connectivity index (χ2v) is 6.05. The fraction of sp³-hybridized carbons (Fsp3) is 0.571. The average molecular weight is 250 g/mol. The lowest BCUT2D eigenvalue weighted by molar-refractivity contribution is 0.00578. The maximum absolute atomic E-state index is 13.7. The van der Waals surface area contributed by atoms with Crippen molar-refractivity contribution in [1.29, 1.82) is 0 Å². The van der Waals surface area contributed by atoms with Gasteiger partial charge in [0, 0.05) is 0 Å². The molecule has 98 valence electrons. The van der Waals surface area contributed by atoms with Crippen LogP contribution in [-0.4, -0.2) is 18.3 Å². The van der Waals surface area contributed by atoms with Crippen molar-refractivity contribution in [2.45, 2.75) is 52.7 Å². The van der Waals surface area contributed by atoms with Crippen LogP contribution >= 0.6 is 0 Å². The summed E-state index contributed by atoms with van der Waals surface area (Å²) in [4.78, 5) is 0. The van der Waals surface area contributed by atoms with E-state index in [9.17, 15) is 4.39 Å². The maximum atomic E-state index is 13.7. The van der Waals surface area contributed by atoms with Crippen LogP contribution in [0.4, 0.5) is 4.39 Å². The first-order valence-electron chi connectivity index (χ1n) is 6.26. The molecule has 1 aliphatic rings. The van der Waals surface area contributed by atoms with E-state index in [4.69, 9.17) is 9.31 Å². The molecule has 4 heteroatoms. The van der Waals surface area contributed by atoms with Gasteiger partial charge in [-0.3, -0.25) is 0 Å². The van der Waals surface area contributed by atoms with Crippen molar-refractivity contribution in [1.82, 2.24) is 0 Å². The molecule has 0 unspecified atom stereocenters. The largest absolute Gasteiger partial charge is 0.495 e. The van der Waals surface area contributed by atoms with E-state index in [1.54, 1.807) is 6.92 Å². The van der Waals surface area contributed by atoms with Crippen LogP contribution in [0.1, 0.15) is 38.8 Å². The van der Waals surface area contributed by atoms with Crippen LogP contribution in [-0.2, 0) is 9.31 Å². The van der Waals surface area contributed by atoms with Gasteiger partial charge in [0.25, 0.3) is 0 Å². The fourth-order valence-electron chi connectivity index (χ4n) is 2.07. The second-order valence-electron chi connectivity index (χ2n) is 6.05. The first-order valence-corrected chi connectivity index (χ1v) is 6.26. The number of rotatable bonds is 1. The summed E-state index contributed by atoms with van der Waals surface area (Å²) in [5.74, 6) is -0.217. The number of halogens is 1. The molecule has 1 aliphatic heterocycles. The van der Waals surface area contributed by atoms with Crippen molar-refractivity contribution in [2.75, 3.05) is 0 Å². The van der Waals surface area contributed by atoms with Crippen LogP contribution in [0.2, 0.25) is 0 Å². The Kier molecular flexibility index (Phi) is 3.07. The highest BCUT2D eigenvalue weighted by molar-refractivity contribution is 6.62. The molecule has 1 saturated heterocycles. The van der Waals surface area contributed by atoms with Gasteiger partial charge in [0.1, 0.15) is 5.82 Å². The molecule has 0 aliphatic carbocycles. The van der Waals surface area contributed by atoms with Gasteiger partial charge in [0.2, 0.25) is 0 Å². The van der Waals surface area contributed by atoms with Gasteiger partial charge in [-0.2, -0.15) is 0 Å². The standard InChI is InChI=1S/C14H20BFO2/c1-9-7-10(2)12(16)8-11(9)15-17-13(3,4)14(5,6)18-15/h7-8H,1-6H3. The van der Waals surface area contributed by atoms with E-state index in [1.807, 2.05) is 40.7 Å². The van der Waals surface area contributed by atoms with Crippen LogP contribution in [0, 0.1) is 19.7 Å². The van der Waals surface area contributed by atoms with Crippen molar-refractivity contribution in [3.8, 4) is 0 Å². The molecule has 0 aromatic heterocycles. The molecule has 1 fully saturated rings. The Hall–Kier alpha value is -0.865. The Morgan fingerprint density at radius 2 is 1.44 bits per heavy atom. The van der Waals surface area contributed by atoms with E-state index in [2.05, 4.69) is 0 Å². The molecule has 0 N–H and O–H groups in total. The zero-order valence-corrected chi connectivity index (χ0v) is 11.9. The molecule has 0 bridgehead atoms. The summed E-state index contributed by atoms with van der Waals surface area (Å²) in [6.45, 7) is 11.7. The van der Waals surface area contributed by atoms with Gasteiger partial charge in [-0.05, 0) is 58.6 Å². The first kappa shape index (κ1) is 13.6. The van der Waals surface area contributed by atoms with Gasteiger partial charge in [0.15, 0.2) is 0 Å². The molecular weight excluding hydrogens is 230 g/mol. The third kappa shape index (κ3) is 2.08. The summed E-state index contributed by atoms with van der Waals surface area (Å²) in [7, 11) is -0.495. The SMILES string of the molecule is Cc1cc(C)c(B2OC(C)(C)C(C)(C)O2)cc1F. The number of aryl methyl sites for hydroxylation is 2. The lowest BCUT2D eigenvalue weighted by Gasteiger charge is -2.32. The minimum absolute atomic E-state index is 0.217. The summed E-state index contributed by atoms with van der Waals surface area (Å²) in [5, 5.41) is 0. The van der Waals surface area contributed by atoms with E-state index >= 15 is 0 Å². The van der Waals surface area contributed by atoms with Crippen LogP contribution in [0.25, 0.3) is 0 Å². The third-order valence-electron chi connectivity index (χ3n) is 4.05. The van der Waals surface area contributed by atoms with Crippen molar-refractivity contribution >= 4 is 12.6 Å². The minimum atomic E-state index is -0.495. The Labute approximate surface area is 109 Å². The van der Waals surface area contributed by atoms with E-state index in [1.165, 1.54) is 6.07 Å². The third-order valence-corrected chi connectivity index (χ3v) is 4.05. The molecule has 1 heterocycles. The van der Waals surface area contributed by atoms with Gasteiger partial charge < -0.3 is 9.31 Å². The van der Waals surface area contributed by atoms with Crippen molar-refractivity contribution < 1.29 is 13.7 Å². The summed E-state index contributed by atoms with van der Waals surface area (Å²) < 4.78 is 25.6. The topological polar surface area (TPSA) is 18.5 Å². The molecule has 1 aromatic carbocycles. The highest BCUT2D eigenvalue weighted by atomic mass is 19.1. The number of benzene rings is 1. The molecule has 0 amide bonds. The average Bonchev–Trinajstić information content (AvgIpc) is 2.42. The zero-order valence-electron chi connectivity index (χ0n) is 11.9. The molecular formula is C14H20BFO2. The number of hydrogen-bond donors (Lipinski definition) is 0. The van der Waals surface area contributed by atoms with Gasteiger partial charge in [-0.15, -0.1) is 0 Å². The summed E-state index contributed by atoms with van der Waals surface area (Å²) in [6, 6.07) is 3.35. The van der Waals surface area contributed by atoms with Crippen molar-refractivity contribution in [3.05, 3.63) is 29.1 Å². The van der Waals surface area contributed by atoms with Crippen LogP contribution < -0.4 is 5.46 Å². The molecule has 18 heavy (non-hydrogen) atoms. The summed E-state index contributed by atoms with van der Waals surface area (Å²) in [6.07, 6.45) is 0. The Bertz CT molecular complexity index is 467. The summed E-state index contributed by atoms with van der Waals surface area (Å²) in [5.41, 5.74) is 1.62. The van der Waals surface area contributed by atoms with Gasteiger partial charge >= 0.3 is 7.12 Å². The lowest BCUT2D eigenvalue weighted by Crippen LogP contribution is -2.41. The normalized spacial score (nSPS) is 21.4. The quantitative estimate of drug-likeness (QED) is 0.713.